The van der Waals surface area contributed by atoms with Crippen molar-refractivity contribution in [3.8, 4) is 22.9 Å². The molecule has 0 aliphatic heterocycles. The van der Waals surface area contributed by atoms with E-state index in [0.29, 0.717) is 35.4 Å². The predicted molar refractivity (Wildman–Crippen MR) is 65.3 cm³/mol. The van der Waals surface area contributed by atoms with Crippen molar-refractivity contribution in [3.05, 3.63) is 24.1 Å². The normalized spacial score (nSPS) is 10.4. The minimum atomic E-state index is 0.201. The van der Waals surface area contributed by atoms with Crippen LogP contribution in [0.2, 0.25) is 0 Å². The maximum atomic E-state index is 5.54. The highest BCUT2D eigenvalue weighted by molar-refractivity contribution is 5.71. The summed E-state index contributed by atoms with van der Waals surface area (Å²) in [5, 5.41) is 3.88. The number of rotatable bonds is 5. The molecule has 6 heteroatoms. The van der Waals surface area contributed by atoms with Gasteiger partial charge in [-0.3, -0.25) is 0 Å². The molecule has 2 N–H and O–H groups in total. The molecule has 2 aromatic rings. The third-order valence-corrected chi connectivity index (χ3v) is 2.37. The molecule has 0 spiro atoms. The zero-order chi connectivity index (χ0) is 13.0. The van der Waals surface area contributed by atoms with Crippen LogP contribution in [0.15, 0.2) is 22.7 Å². The van der Waals surface area contributed by atoms with Crippen molar-refractivity contribution in [1.29, 1.82) is 0 Å². The number of hydrogen-bond donors (Lipinski definition) is 1. The second-order valence-corrected chi connectivity index (χ2v) is 3.48. The minimum absolute atomic E-state index is 0.201. The number of aromatic nitrogens is 2. The first-order valence-corrected chi connectivity index (χ1v) is 5.63. The van der Waals surface area contributed by atoms with Crippen LogP contribution < -0.4 is 15.2 Å². The van der Waals surface area contributed by atoms with Crippen LogP contribution in [-0.2, 0) is 6.54 Å². The molecule has 1 heterocycles. The van der Waals surface area contributed by atoms with Gasteiger partial charge in [-0.25, -0.2) is 0 Å². The SMILES string of the molecule is CCOc1cccc(OC)c1-c1noc(CN)n1. The van der Waals surface area contributed by atoms with E-state index in [-0.39, 0.29) is 6.54 Å². The second-order valence-electron chi connectivity index (χ2n) is 3.48. The van der Waals surface area contributed by atoms with Crippen LogP contribution in [-0.4, -0.2) is 23.9 Å². The summed E-state index contributed by atoms with van der Waals surface area (Å²) < 4.78 is 15.8. The average molecular weight is 249 g/mol. The molecule has 0 unspecified atom stereocenters. The maximum Gasteiger partial charge on any atom is 0.240 e. The lowest BCUT2D eigenvalue weighted by molar-refractivity contribution is 0.337. The summed E-state index contributed by atoms with van der Waals surface area (Å²) in [4.78, 5) is 4.19. The van der Waals surface area contributed by atoms with E-state index < -0.39 is 0 Å². The van der Waals surface area contributed by atoms with Gasteiger partial charge in [0.1, 0.15) is 17.1 Å². The third kappa shape index (κ3) is 2.28. The predicted octanol–water partition coefficient (Wildman–Crippen LogP) is 1.60. The molecule has 1 aromatic heterocycles. The fourth-order valence-electron chi connectivity index (χ4n) is 1.62. The molecule has 0 fully saturated rings. The van der Waals surface area contributed by atoms with Crippen LogP contribution in [0.4, 0.5) is 0 Å². The summed E-state index contributed by atoms with van der Waals surface area (Å²) >= 11 is 0. The molecule has 0 saturated heterocycles. The average Bonchev–Trinajstić information content (AvgIpc) is 2.87. The topological polar surface area (TPSA) is 83.4 Å². The lowest BCUT2D eigenvalue weighted by Gasteiger charge is -2.10. The Morgan fingerprint density at radius 3 is 2.72 bits per heavy atom. The smallest absolute Gasteiger partial charge is 0.240 e. The summed E-state index contributed by atoms with van der Waals surface area (Å²) in [5.74, 6) is 2.07. The van der Waals surface area contributed by atoms with Crippen molar-refractivity contribution < 1.29 is 14.0 Å². The Morgan fingerprint density at radius 2 is 2.11 bits per heavy atom. The molecule has 2 rings (SSSR count). The summed E-state index contributed by atoms with van der Waals surface area (Å²) in [5.41, 5.74) is 6.12. The molecule has 18 heavy (non-hydrogen) atoms. The first kappa shape index (κ1) is 12.4. The highest BCUT2D eigenvalue weighted by atomic mass is 16.5. The summed E-state index contributed by atoms with van der Waals surface area (Å²) in [6.45, 7) is 2.65. The van der Waals surface area contributed by atoms with Crippen molar-refractivity contribution in [2.45, 2.75) is 13.5 Å². The Morgan fingerprint density at radius 1 is 1.33 bits per heavy atom. The molecule has 0 aliphatic rings. The van der Waals surface area contributed by atoms with Crippen molar-refractivity contribution in [1.82, 2.24) is 10.1 Å². The quantitative estimate of drug-likeness (QED) is 0.866. The van der Waals surface area contributed by atoms with Crippen molar-refractivity contribution in [3.63, 3.8) is 0 Å². The number of benzene rings is 1. The van der Waals surface area contributed by atoms with E-state index in [0.717, 1.165) is 0 Å². The zero-order valence-electron chi connectivity index (χ0n) is 10.3. The van der Waals surface area contributed by atoms with E-state index >= 15 is 0 Å². The first-order valence-electron chi connectivity index (χ1n) is 5.63. The van der Waals surface area contributed by atoms with E-state index in [2.05, 4.69) is 10.1 Å². The molecule has 0 amide bonds. The van der Waals surface area contributed by atoms with Crippen molar-refractivity contribution in [2.24, 2.45) is 5.73 Å². The Hall–Kier alpha value is -2.08. The summed E-state index contributed by atoms with van der Waals surface area (Å²) in [7, 11) is 1.58. The molecule has 0 saturated carbocycles. The van der Waals surface area contributed by atoms with Gasteiger partial charge in [0.05, 0.1) is 20.3 Å². The molecule has 0 bridgehead atoms. The van der Waals surface area contributed by atoms with Crippen molar-refractivity contribution >= 4 is 0 Å². The van der Waals surface area contributed by atoms with Crippen molar-refractivity contribution in [2.75, 3.05) is 13.7 Å². The van der Waals surface area contributed by atoms with E-state index in [1.807, 2.05) is 25.1 Å². The standard InChI is InChI=1S/C12H15N3O3/c1-3-17-9-6-4-5-8(16-2)11(9)12-14-10(7-13)18-15-12/h4-6H,3,7,13H2,1-2H3. The van der Waals surface area contributed by atoms with Gasteiger partial charge in [0.2, 0.25) is 11.7 Å². The molecular formula is C12H15N3O3. The van der Waals surface area contributed by atoms with Gasteiger partial charge in [-0.2, -0.15) is 4.98 Å². The Labute approximate surface area is 105 Å². The van der Waals surface area contributed by atoms with Crippen LogP contribution in [0.25, 0.3) is 11.4 Å². The highest BCUT2D eigenvalue weighted by Gasteiger charge is 2.18. The van der Waals surface area contributed by atoms with Gasteiger partial charge in [0.25, 0.3) is 0 Å². The van der Waals surface area contributed by atoms with Gasteiger partial charge in [-0.1, -0.05) is 11.2 Å². The van der Waals surface area contributed by atoms with E-state index in [9.17, 15) is 0 Å². The Balaban J connectivity index is 2.51. The molecule has 0 radical (unpaired) electrons. The van der Waals surface area contributed by atoms with Gasteiger partial charge in [-0.05, 0) is 19.1 Å². The number of nitrogens with two attached hydrogens (primary N) is 1. The van der Waals surface area contributed by atoms with Gasteiger partial charge in [0.15, 0.2) is 0 Å². The van der Waals surface area contributed by atoms with Gasteiger partial charge in [-0.15, -0.1) is 0 Å². The van der Waals surface area contributed by atoms with E-state index in [1.165, 1.54) is 0 Å². The highest BCUT2D eigenvalue weighted by Crippen LogP contribution is 2.36. The summed E-state index contributed by atoms with van der Waals surface area (Å²) in [6, 6.07) is 5.49. The molecule has 1 aromatic carbocycles. The van der Waals surface area contributed by atoms with E-state index in [4.69, 9.17) is 19.7 Å². The van der Waals surface area contributed by atoms with Gasteiger partial charge in [0, 0.05) is 0 Å². The lowest BCUT2D eigenvalue weighted by atomic mass is 10.1. The monoisotopic (exact) mass is 249 g/mol. The van der Waals surface area contributed by atoms with E-state index in [1.54, 1.807) is 7.11 Å². The van der Waals surface area contributed by atoms with Crippen LogP contribution in [0.5, 0.6) is 11.5 Å². The zero-order valence-corrected chi connectivity index (χ0v) is 10.3. The molecule has 0 aliphatic carbocycles. The fraction of sp³-hybridized carbons (Fsp3) is 0.333. The molecular weight excluding hydrogens is 234 g/mol. The van der Waals surface area contributed by atoms with Crippen LogP contribution >= 0.6 is 0 Å². The van der Waals surface area contributed by atoms with Crippen LogP contribution in [0, 0.1) is 0 Å². The number of methoxy groups -OCH3 is 1. The number of hydrogen-bond acceptors (Lipinski definition) is 6. The Bertz CT molecular complexity index is 525. The van der Waals surface area contributed by atoms with Gasteiger partial charge >= 0.3 is 0 Å². The first-order chi connectivity index (χ1) is 8.80. The third-order valence-electron chi connectivity index (χ3n) is 2.37. The lowest BCUT2D eigenvalue weighted by Crippen LogP contribution is -1.98. The van der Waals surface area contributed by atoms with Crippen LogP contribution in [0.3, 0.4) is 0 Å². The molecule has 6 nitrogen and oxygen atoms in total. The fourth-order valence-corrected chi connectivity index (χ4v) is 1.62. The molecule has 0 atom stereocenters. The number of nitrogens with zero attached hydrogens (tertiary/aromatic N) is 2. The number of ether oxygens (including phenoxy) is 2. The minimum Gasteiger partial charge on any atom is -0.496 e. The Kier molecular flexibility index (Phi) is 3.78. The summed E-state index contributed by atoms with van der Waals surface area (Å²) in [6.07, 6.45) is 0. The van der Waals surface area contributed by atoms with Gasteiger partial charge < -0.3 is 19.7 Å². The van der Waals surface area contributed by atoms with Crippen LogP contribution in [0.1, 0.15) is 12.8 Å². The largest absolute Gasteiger partial charge is 0.496 e. The molecule has 96 valence electrons. The maximum absolute atomic E-state index is 5.54. The second kappa shape index (κ2) is 5.50.